The monoisotopic (exact) mass is 269 g/mol. The molecule has 1 aromatic rings. The van der Waals surface area contributed by atoms with Gasteiger partial charge in [0.2, 0.25) is 11.6 Å². The summed E-state index contributed by atoms with van der Waals surface area (Å²) in [5.41, 5.74) is 5.12. The van der Waals surface area contributed by atoms with E-state index in [9.17, 15) is 10.1 Å². The van der Waals surface area contributed by atoms with E-state index in [2.05, 4.69) is 15.3 Å². The smallest absolute Gasteiger partial charge is 0.352 e. The lowest BCUT2D eigenvalue weighted by atomic mass is 9.90. The largest absolute Gasteiger partial charge is 0.385 e. The van der Waals surface area contributed by atoms with E-state index in [1.807, 2.05) is 13.8 Å². The van der Waals surface area contributed by atoms with Gasteiger partial charge >= 0.3 is 5.69 Å². The number of nitrogen functional groups attached to an aromatic ring is 1. The van der Waals surface area contributed by atoms with Gasteiger partial charge in [-0.2, -0.15) is 0 Å². The number of nitro groups is 1. The quantitative estimate of drug-likeness (QED) is 0.568. The van der Waals surface area contributed by atoms with Crippen LogP contribution in [0, 0.1) is 15.5 Å². The van der Waals surface area contributed by atoms with Crippen LogP contribution in [0.15, 0.2) is 6.33 Å². The maximum Gasteiger partial charge on any atom is 0.352 e. The Morgan fingerprint density at radius 1 is 1.53 bits per heavy atom. The Hall–Kier alpha value is -1.96. The van der Waals surface area contributed by atoms with Crippen molar-refractivity contribution in [2.75, 3.05) is 31.3 Å². The van der Waals surface area contributed by atoms with E-state index < -0.39 is 4.92 Å². The van der Waals surface area contributed by atoms with Crippen LogP contribution in [0.4, 0.5) is 17.3 Å². The minimum absolute atomic E-state index is 0.0798. The van der Waals surface area contributed by atoms with Gasteiger partial charge in [-0.15, -0.1) is 0 Å². The number of aromatic nitrogens is 2. The highest BCUT2D eigenvalue weighted by Crippen LogP contribution is 2.28. The van der Waals surface area contributed by atoms with E-state index >= 15 is 0 Å². The molecule has 0 aliphatic rings. The second-order valence-electron chi connectivity index (χ2n) is 4.97. The first-order valence-corrected chi connectivity index (χ1v) is 5.85. The highest BCUT2D eigenvalue weighted by atomic mass is 16.6. The predicted octanol–water partition coefficient (Wildman–Crippen LogP) is 1.44. The summed E-state index contributed by atoms with van der Waals surface area (Å²) >= 11 is 0. The molecule has 0 saturated carbocycles. The van der Waals surface area contributed by atoms with Crippen LogP contribution in [0.3, 0.4) is 0 Å². The third-order valence-corrected chi connectivity index (χ3v) is 2.75. The molecule has 8 nitrogen and oxygen atoms in total. The van der Waals surface area contributed by atoms with Crippen molar-refractivity contribution in [3.8, 4) is 0 Å². The number of nitrogens with one attached hydrogen (secondary N) is 1. The molecule has 1 aromatic heterocycles. The SMILES string of the molecule is COCCC(C)(C)CNc1ncnc(N)c1[N+](=O)[O-]. The molecule has 0 saturated heterocycles. The van der Waals surface area contributed by atoms with Gasteiger partial charge in [-0.1, -0.05) is 13.8 Å². The van der Waals surface area contributed by atoms with Gasteiger partial charge in [0, 0.05) is 20.3 Å². The number of hydrogen-bond donors (Lipinski definition) is 2. The Balaban J connectivity index is 2.78. The summed E-state index contributed by atoms with van der Waals surface area (Å²) in [4.78, 5) is 17.8. The highest BCUT2D eigenvalue weighted by molar-refractivity contribution is 5.67. The molecule has 8 heteroatoms. The van der Waals surface area contributed by atoms with Crippen molar-refractivity contribution in [3.05, 3.63) is 16.4 Å². The molecule has 1 rings (SSSR count). The lowest BCUT2D eigenvalue weighted by Crippen LogP contribution is -2.25. The Labute approximate surface area is 111 Å². The maximum atomic E-state index is 10.9. The normalized spacial score (nSPS) is 11.3. The lowest BCUT2D eigenvalue weighted by Gasteiger charge is -2.24. The molecule has 0 atom stereocenters. The first-order valence-electron chi connectivity index (χ1n) is 5.85. The molecule has 0 radical (unpaired) electrons. The number of nitrogens with zero attached hydrogens (tertiary/aromatic N) is 3. The standard InChI is InChI=1S/C11H19N5O3/c1-11(2,4-5-19-3)6-13-10-8(16(17)18)9(12)14-7-15-10/h7H,4-6H2,1-3H3,(H3,12,13,14,15). The molecule has 19 heavy (non-hydrogen) atoms. The second kappa shape index (κ2) is 6.28. The average molecular weight is 269 g/mol. The van der Waals surface area contributed by atoms with Crippen LogP contribution >= 0.6 is 0 Å². The molecular weight excluding hydrogens is 250 g/mol. The van der Waals surface area contributed by atoms with E-state index in [0.29, 0.717) is 13.2 Å². The summed E-state index contributed by atoms with van der Waals surface area (Å²) in [6, 6.07) is 0. The van der Waals surface area contributed by atoms with Gasteiger partial charge in [0.25, 0.3) is 0 Å². The first kappa shape index (κ1) is 15.1. The fourth-order valence-corrected chi connectivity index (χ4v) is 1.49. The van der Waals surface area contributed by atoms with Crippen LogP contribution in [-0.2, 0) is 4.74 Å². The van der Waals surface area contributed by atoms with E-state index in [4.69, 9.17) is 10.5 Å². The Morgan fingerprint density at radius 3 is 2.79 bits per heavy atom. The fraction of sp³-hybridized carbons (Fsp3) is 0.636. The van der Waals surface area contributed by atoms with Crippen LogP contribution in [0.2, 0.25) is 0 Å². The molecule has 0 bridgehead atoms. The van der Waals surface area contributed by atoms with Gasteiger partial charge in [-0.05, 0) is 11.8 Å². The number of rotatable bonds is 7. The van der Waals surface area contributed by atoms with Crippen molar-refractivity contribution in [1.29, 1.82) is 0 Å². The molecule has 1 heterocycles. The fourth-order valence-electron chi connectivity index (χ4n) is 1.49. The van der Waals surface area contributed by atoms with Crippen molar-refractivity contribution in [3.63, 3.8) is 0 Å². The predicted molar refractivity (Wildman–Crippen MR) is 71.9 cm³/mol. The summed E-state index contributed by atoms with van der Waals surface area (Å²) in [7, 11) is 1.64. The third kappa shape index (κ3) is 4.32. The van der Waals surface area contributed by atoms with Gasteiger partial charge in [-0.25, -0.2) is 9.97 Å². The molecular formula is C11H19N5O3. The topological polar surface area (TPSA) is 116 Å². The average Bonchev–Trinajstić information content (AvgIpc) is 2.33. The van der Waals surface area contributed by atoms with Gasteiger partial charge in [0.05, 0.1) is 4.92 Å². The van der Waals surface area contributed by atoms with Gasteiger partial charge < -0.3 is 15.8 Å². The van der Waals surface area contributed by atoms with Gasteiger partial charge in [0.15, 0.2) is 0 Å². The lowest BCUT2D eigenvalue weighted by molar-refractivity contribution is -0.383. The minimum Gasteiger partial charge on any atom is -0.385 e. The summed E-state index contributed by atoms with van der Waals surface area (Å²) in [6.07, 6.45) is 2.03. The molecule has 0 spiro atoms. The zero-order valence-electron chi connectivity index (χ0n) is 11.3. The molecule has 0 aliphatic heterocycles. The molecule has 0 aromatic carbocycles. The Kier molecular flexibility index (Phi) is 4.99. The summed E-state index contributed by atoms with van der Waals surface area (Å²) in [5, 5.41) is 13.9. The van der Waals surface area contributed by atoms with Crippen molar-refractivity contribution >= 4 is 17.3 Å². The van der Waals surface area contributed by atoms with Crippen molar-refractivity contribution in [2.24, 2.45) is 5.41 Å². The van der Waals surface area contributed by atoms with Crippen LogP contribution in [0.5, 0.6) is 0 Å². The van der Waals surface area contributed by atoms with E-state index in [-0.39, 0.29) is 22.7 Å². The summed E-state index contributed by atoms with van der Waals surface area (Å²) in [6.45, 7) is 5.22. The Morgan fingerprint density at radius 2 is 2.21 bits per heavy atom. The van der Waals surface area contributed by atoms with E-state index in [1.165, 1.54) is 6.33 Å². The van der Waals surface area contributed by atoms with Gasteiger partial charge in [-0.3, -0.25) is 10.1 Å². The van der Waals surface area contributed by atoms with Gasteiger partial charge in [0.1, 0.15) is 6.33 Å². The van der Waals surface area contributed by atoms with Crippen molar-refractivity contribution in [2.45, 2.75) is 20.3 Å². The number of anilines is 2. The molecule has 0 fully saturated rings. The maximum absolute atomic E-state index is 10.9. The number of hydrogen-bond acceptors (Lipinski definition) is 7. The molecule has 0 unspecified atom stereocenters. The third-order valence-electron chi connectivity index (χ3n) is 2.75. The number of nitrogens with two attached hydrogens (primary N) is 1. The van der Waals surface area contributed by atoms with Crippen molar-refractivity contribution in [1.82, 2.24) is 9.97 Å². The van der Waals surface area contributed by atoms with E-state index in [1.54, 1.807) is 7.11 Å². The number of methoxy groups -OCH3 is 1. The van der Waals surface area contributed by atoms with Crippen LogP contribution in [0.25, 0.3) is 0 Å². The zero-order chi connectivity index (χ0) is 14.5. The van der Waals surface area contributed by atoms with Crippen molar-refractivity contribution < 1.29 is 9.66 Å². The van der Waals surface area contributed by atoms with Crippen LogP contribution in [0.1, 0.15) is 20.3 Å². The number of ether oxygens (including phenoxy) is 1. The molecule has 106 valence electrons. The zero-order valence-corrected chi connectivity index (χ0v) is 11.3. The second-order valence-corrected chi connectivity index (χ2v) is 4.97. The summed E-state index contributed by atoms with van der Waals surface area (Å²) < 4.78 is 5.03. The molecule has 3 N–H and O–H groups in total. The minimum atomic E-state index is -0.584. The molecule has 0 aliphatic carbocycles. The highest BCUT2D eigenvalue weighted by Gasteiger charge is 2.23. The first-order chi connectivity index (χ1) is 8.87. The Bertz CT molecular complexity index is 450. The van der Waals surface area contributed by atoms with E-state index in [0.717, 1.165) is 6.42 Å². The molecule has 0 amide bonds. The van der Waals surface area contributed by atoms with Crippen LogP contribution in [-0.4, -0.2) is 35.2 Å². The van der Waals surface area contributed by atoms with Crippen LogP contribution < -0.4 is 11.1 Å². The summed E-state index contributed by atoms with van der Waals surface area (Å²) in [5.74, 6) is 0.000175.